The molecule has 2 N–H and O–H groups in total. The van der Waals surface area contributed by atoms with Crippen molar-refractivity contribution in [3.63, 3.8) is 0 Å². The average molecular weight is 371 g/mol. The molecule has 0 saturated carbocycles. The predicted octanol–water partition coefficient (Wildman–Crippen LogP) is 3.04. The van der Waals surface area contributed by atoms with Crippen LogP contribution in [-0.4, -0.2) is 33.9 Å². The molecule has 6 nitrogen and oxygen atoms in total. The maximum absolute atomic E-state index is 12.3. The van der Waals surface area contributed by atoms with E-state index < -0.39 is 0 Å². The van der Waals surface area contributed by atoms with Crippen LogP contribution in [0.4, 0.5) is 5.69 Å². The molecule has 0 bridgehead atoms. The molecule has 1 aliphatic rings. The van der Waals surface area contributed by atoms with E-state index in [0.29, 0.717) is 29.4 Å². The molecule has 0 aliphatic carbocycles. The molecule has 5 rings (SSSR count). The average Bonchev–Trinajstić information content (AvgIpc) is 3.00. The third-order valence-electron chi connectivity index (χ3n) is 4.52. The maximum Gasteiger partial charge on any atom is 0.263 e. The molecule has 1 aliphatic heterocycles. The van der Waals surface area contributed by atoms with Gasteiger partial charge >= 0.3 is 0 Å². The number of benzene rings is 1. The third-order valence-corrected chi connectivity index (χ3v) is 5.67. The molecule has 1 amide bonds. The molecule has 0 fully saturated rings. The SMILES string of the molecule is C#Cc1cc(-c2ccc3c(ccc4sc5c(c43)NCCNC5=O)n2)ncn1. The highest BCUT2D eigenvalue weighted by atomic mass is 32.1. The van der Waals surface area contributed by atoms with E-state index in [4.69, 9.17) is 11.4 Å². The van der Waals surface area contributed by atoms with Crippen molar-refractivity contribution in [1.29, 1.82) is 0 Å². The van der Waals surface area contributed by atoms with E-state index in [-0.39, 0.29) is 5.91 Å². The van der Waals surface area contributed by atoms with E-state index in [1.165, 1.54) is 17.7 Å². The van der Waals surface area contributed by atoms with Gasteiger partial charge in [-0.2, -0.15) is 0 Å². The zero-order valence-electron chi connectivity index (χ0n) is 14.1. The summed E-state index contributed by atoms with van der Waals surface area (Å²) in [5.41, 5.74) is 3.67. The van der Waals surface area contributed by atoms with E-state index in [2.05, 4.69) is 26.5 Å². The lowest BCUT2D eigenvalue weighted by molar-refractivity contribution is 0.0962. The number of rotatable bonds is 1. The number of hydrogen-bond acceptors (Lipinski definition) is 6. The molecule has 3 aromatic heterocycles. The fraction of sp³-hybridized carbons (Fsp3) is 0.100. The Kier molecular flexibility index (Phi) is 3.52. The minimum atomic E-state index is -0.0308. The highest BCUT2D eigenvalue weighted by molar-refractivity contribution is 7.21. The van der Waals surface area contributed by atoms with Crippen LogP contribution in [0.15, 0.2) is 36.7 Å². The van der Waals surface area contributed by atoms with Crippen molar-refractivity contribution < 1.29 is 4.79 Å². The molecule has 0 atom stereocenters. The second kappa shape index (κ2) is 6.04. The molecular formula is C20H13N5OS. The molecule has 4 heterocycles. The quantitative estimate of drug-likeness (QED) is 0.503. The van der Waals surface area contributed by atoms with E-state index >= 15 is 0 Å². The van der Waals surface area contributed by atoms with Crippen molar-refractivity contribution in [2.24, 2.45) is 0 Å². The number of terminal acetylenes is 1. The number of aromatic nitrogens is 3. The van der Waals surface area contributed by atoms with Crippen LogP contribution in [0.5, 0.6) is 0 Å². The Morgan fingerprint density at radius 2 is 1.96 bits per heavy atom. The van der Waals surface area contributed by atoms with Crippen LogP contribution in [0.2, 0.25) is 0 Å². The number of carbonyl (C=O) groups is 1. The van der Waals surface area contributed by atoms with Crippen LogP contribution in [0.3, 0.4) is 0 Å². The van der Waals surface area contributed by atoms with Gasteiger partial charge in [0.25, 0.3) is 5.91 Å². The van der Waals surface area contributed by atoms with Crippen LogP contribution in [0.1, 0.15) is 15.4 Å². The number of thiophene rings is 1. The number of amides is 1. The zero-order valence-corrected chi connectivity index (χ0v) is 14.9. The Morgan fingerprint density at radius 3 is 2.85 bits per heavy atom. The van der Waals surface area contributed by atoms with Crippen molar-refractivity contribution >= 4 is 43.9 Å². The molecule has 0 radical (unpaired) electrons. The number of anilines is 1. The molecule has 0 saturated heterocycles. The Labute approximate surface area is 158 Å². The van der Waals surface area contributed by atoms with E-state index in [1.807, 2.05) is 24.3 Å². The minimum absolute atomic E-state index is 0.0308. The lowest BCUT2D eigenvalue weighted by atomic mass is 10.1. The molecule has 130 valence electrons. The van der Waals surface area contributed by atoms with Gasteiger partial charge in [-0.15, -0.1) is 17.8 Å². The first-order chi connectivity index (χ1) is 13.2. The van der Waals surface area contributed by atoms with Gasteiger partial charge in [-0.3, -0.25) is 4.79 Å². The monoisotopic (exact) mass is 371 g/mol. The summed E-state index contributed by atoms with van der Waals surface area (Å²) < 4.78 is 1.06. The first kappa shape index (κ1) is 15.7. The second-order valence-corrected chi connectivity index (χ2v) is 7.18. The van der Waals surface area contributed by atoms with Crippen molar-refractivity contribution in [1.82, 2.24) is 20.3 Å². The summed E-state index contributed by atoms with van der Waals surface area (Å²) in [4.78, 5) is 26.1. The summed E-state index contributed by atoms with van der Waals surface area (Å²) in [6.45, 7) is 1.31. The summed E-state index contributed by atoms with van der Waals surface area (Å²) in [6, 6.07) is 9.67. The number of hydrogen-bond donors (Lipinski definition) is 2. The first-order valence-corrected chi connectivity index (χ1v) is 9.23. The Bertz CT molecular complexity index is 1270. The smallest absolute Gasteiger partial charge is 0.263 e. The molecule has 4 aromatic rings. The van der Waals surface area contributed by atoms with Gasteiger partial charge in [-0.1, -0.05) is 5.92 Å². The number of nitrogens with zero attached hydrogens (tertiary/aromatic N) is 3. The predicted molar refractivity (Wildman–Crippen MR) is 107 cm³/mol. The third kappa shape index (κ3) is 2.50. The van der Waals surface area contributed by atoms with Gasteiger partial charge in [0, 0.05) is 34.6 Å². The van der Waals surface area contributed by atoms with E-state index in [0.717, 1.165) is 32.4 Å². The molecule has 1 aromatic carbocycles. The summed E-state index contributed by atoms with van der Waals surface area (Å²) in [6.07, 6.45) is 6.87. The van der Waals surface area contributed by atoms with Gasteiger partial charge in [0.1, 0.15) is 16.9 Å². The Morgan fingerprint density at radius 1 is 1.07 bits per heavy atom. The topological polar surface area (TPSA) is 79.8 Å². The highest BCUT2D eigenvalue weighted by Gasteiger charge is 2.22. The molecule has 0 unspecified atom stereocenters. The highest BCUT2D eigenvalue weighted by Crippen LogP contribution is 2.40. The van der Waals surface area contributed by atoms with Gasteiger partial charge in [0.05, 0.1) is 22.6 Å². The molecule has 27 heavy (non-hydrogen) atoms. The zero-order chi connectivity index (χ0) is 18.4. The number of carbonyl (C=O) groups excluding carboxylic acids is 1. The maximum atomic E-state index is 12.3. The molecule has 0 spiro atoms. The van der Waals surface area contributed by atoms with Crippen molar-refractivity contribution in [3.8, 4) is 23.7 Å². The van der Waals surface area contributed by atoms with E-state index in [9.17, 15) is 4.79 Å². The van der Waals surface area contributed by atoms with Gasteiger partial charge in [-0.25, -0.2) is 15.0 Å². The van der Waals surface area contributed by atoms with Gasteiger partial charge in [0.2, 0.25) is 0 Å². The van der Waals surface area contributed by atoms with Crippen molar-refractivity contribution in [2.45, 2.75) is 0 Å². The summed E-state index contributed by atoms with van der Waals surface area (Å²) >= 11 is 1.50. The van der Waals surface area contributed by atoms with Crippen LogP contribution >= 0.6 is 11.3 Å². The normalized spacial score (nSPS) is 13.5. The summed E-state index contributed by atoms with van der Waals surface area (Å²) in [5.74, 6) is 2.48. The van der Waals surface area contributed by atoms with Crippen LogP contribution < -0.4 is 10.6 Å². The lowest BCUT2D eigenvalue weighted by Gasteiger charge is -2.07. The Balaban J connectivity index is 1.73. The van der Waals surface area contributed by atoms with E-state index in [1.54, 1.807) is 6.07 Å². The largest absolute Gasteiger partial charge is 0.381 e. The number of nitrogens with one attached hydrogen (secondary N) is 2. The van der Waals surface area contributed by atoms with Gasteiger partial charge in [0.15, 0.2) is 0 Å². The van der Waals surface area contributed by atoms with Crippen molar-refractivity contribution in [2.75, 3.05) is 18.4 Å². The number of pyridine rings is 1. The molecular weight excluding hydrogens is 358 g/mol. The summed E-state index contributed by atoms with van der Waals surface area (Å²) in [5, 5.41) is 8.34. The Hall–Kier alpha value is -3.50. The van der Waals surface area contributed by atoms with Gasteiger partial charge in [-0.05, 0) is 24.3 Å². The lowest BCUT2D eigenvalue weighted by Crippen LogP contribution is -2.24. The second-order valence-electron chi connectivity index (χ2n) is 6.12. The van der Waals surface area contributed by atoms with Crippen LogP contribution in [0, 0.1) is 12.3 Å². The number of fused-ring (bicyclic) bond motifs is 5. The van der Waals surface area contributed by atoms with Gasteiger partial charge < -0.3 is 10.6 Å². The standard InChI is InChI=1S/C20H13N5OS/c1-2-11-9-15(24-10-23-11)14-4-3-12-13(25-14)5-6-16-17(12)18-19(27-16)20(26)22-8-7-21-18/h1,3-6,9-10,21H,7-8H2,(H,22,26). The first-order valence-electron chi connectivity index (χ1n) is 8.42. The summed E-state index contributed by atoms with van der Waals surface area (Å²) in [7, 11) is 0. The minimum Gasteiger partial charge on any atom is -0.381 e. The van der Waals surface area contributed by atoms with Crippen LogP contribution in [-0.2, 0) is 0 Å². The fourth-order valence-corrected chi connectivity index (χ4v) is 4.40. The van der Waals surface area contributed by atoms with Crippen molar-refractivity contribution in [3.05, 3.63) is 47.2 Å². The molecule has 7 heteroatoms. The fourth-order valence-electron chi connectivity index (χ4n) is 3.29. The van der Waals surface area contributed by atoms with Crippen LogP contribution in [0.25, 0.3) is 32.4 Å².